The van der Waals surface area contributed by atoms with E-state index in [1.807, 2.05) is 6.20 Å². The molecule has 1 nitrogen and oxygen atoms in total. The van der Waals surface area contributed by atoms with Gasteiger partial charge in [-0.1, -0.05) is 0 Å². The molecule has 0 aromatic carbocycles. The smallest absolute Gasteiger partial charge is 0.106 e. The zero-order chi connectivity index (χ0) is 8.18. The molecule has 0 N–H and O–H groups in total. The average Bonchev–Trinajstić information content (AvgIpc) is 1.79. The summed E-state index contributed by atoms with van der Waals surface area (Å²) >= 11 is 3.41. The van der Waals surface area contributed by atoms with Crippen LogP contribution in [-0.4, -0.2) is 4.98 Å². The fourth-order valence-corrected chi connectivity index (χ4v) is 2.93. The van der Waals surface area contributed by atoms with E-state index in [1.54, 1.807) is 0 Å². The molecule has 1 aromatic rings. The molecule has 0 aliphatic heterocycles. The van der Waals surface area contributed by atoms with E-state index < -0.39 is 0 Å². The van der Waals surface area contributed by atoms with Crippen molar-refractivity contribution in [1.29, 1.82) is 0 Å². The van der Waals surface area contributed by atoms with E-state index in [0.29, 0.717) is 5.41 Å². The zero-order valence-corrected chi connectivity index (χ0v) is 8.34. The Labute approximate surface area is 80.3 Å². The van der Waals surface area contributed by atoms with Crippen molar-refractivity contribution in [3.8, 4) is 0 Å². The first-order valence-corrected chi connectivity index (χ1v) is 5.20. The minimum Gasteiger partial charge on any atom is -0.249 e. The molecule has 0 amide bonds. The van der Waals surface area contributed by atoms with Gasteiger partial charge in [0.2, 0.25) is 0 Å². The molecule has 4 rings (SSSR count). The van der Waals surface area contributed by atoms with Crippen LogP contribution >= 0.6 is 15.9 Å². The Kier molecular flexibility index (Phi) is 1.24. The normalized spacial score (nSPS) is 36.9. The highest BCUT2D eigenvalue weighted by molar-refractivity contribution is 9.10. The minimum atomic E-state index is 0.579. The van der Waals surface area contributed by atoms with Crippen LogP contribution in [-0.2, 0) is 5.41 Å². The first kappa shape index (κ1) is 7.07. The maximum absolute atomic E-state index is 4.15. The van der Waals surface area contributed by atoms with E-state index in [4.69, 9.17) is 0 Å². The molecule has 62 valence electrons. The number of nitrogens with zero attached hydrogens (tertiary/aromatic N) is 1. The third kappa shape index (κ3) is 0.764. The second kappa shape index (κ2) is 2.11. The van der Waals surface area contributed by atoms with Gasteiger partial charge in [0.25, 0.3) is 0 Å². The second-order valence-corrected chi connectivity index (χ2v) is 4.94. The van der Waals surface area contributed by atoms with Crippen LogP contribution in [0, 0.1) is 5.92 Å². The van der Waals surface area contributed by atoms with Crippen LogP contribution in [0.5, 0.6) is 0 Å². The van der Waals surface area contributed by atoms with Gasteiger partial charge in [0.05, 0.1) is 0 Å². The number of halogens is 1. The van der Waals surface area contributed by atoms with Crippen LogP contribution in [0.3, 0.4) is 0 Å². The molecular formula is C10H10BrN. The SMILES string of the molecule is Brc1cc(C23CC(C2)C3)ccn1. The molecule has 1 heterocycles. The first-order chi connectivity index (χ1) is 5.78. The number of rotatable bonds is 1. The molecule has 2 heteroatoms. The molecule has 2 bridgehead atoms. The third-order valence-corrected chi connectivity index (χ3v) is 3.81. The maximum atomic E-state index is 4.15. The number of pyridine rings is 1. The van der Waals surface area contributed by atoms with Crippen molar-refractivity contribution < 1.29 is 0 Å². The van der Waals surface area contributed by atoms with E-state index in [9.17, 15) is 0 Å². The monoisotopic (exact) mass is 223 g/mol. The standard InChI is InChI=1S/C10H10BrN/c11-9-3-8(1-2-12-9)10-4-7(5-10)6-10/h1-3,7H,4-6H2. The minimum absolute atomic E-state index is 0.579. The van der Waals surface area contributed by atoms with Crippen molar-refractivity contribution in [2.45, 2.75) is 24.7 Å². The summed E-state index contributed by atoms with van der Waals surface area (Å²) in [4.78, 5) is 4.15. The van der Waals surface area contributed by atoms with Crippen molar-refractivity contribution in [2.75, 3.05) is 0 Å². The summed E-state index contributed by atoms with van der Waals surface area (Å²) in [5.41, 5.74) is 2.07. The van der Waals surface area contributed by atoms with E-state index >= 15 is 0 Å². The third-order valence-electron chi connectivity index (χ3n) is 3.38. The Morgan fingerprint density at radius 3 is 2.67 bits per heavy atom. The molecule has 3 aliphatic carbocycles. The number of aromatic nitrogens is 1. The largest absolute Gasteiger partial charge is 0.249 e. The highest BCUT2D eigenvalue weighted by Crippen LogP contribution is 2.65. The average molecular weight is 224 g/mol. The summed E-state index contributed by atoms with van der Waals surface area (Å²) in [6.45, 7) is 0. The zero-order valence-electron chi connectivity index (χ0n) is 6.76. The molecule has 3 saturated carbocycles. The van der Waals surface area contributed by atoms with Gasteiger partial charge < -0.3 is 0 Å². The first-order valence-electron chi connectivity index (χ1n) is 4.41. The van der Waals surface area contributed by atoms with Gasteiger partial charge in [-0.25, -0.2) is 4.98 Å². The lowest BCUT2D eigenvalue weighted by molar-refractivity contribution is -0.0275. The second-order valence-electron chi connectivity index (χ2n) is 4.13. The lowest BCUT2D eigenvalue weighted by Gasteiger charge is -2.62. The van der Waals surface area contributed by atoms with Crippen LogP contribution in [0.1, 0.15) is 24.8 Å². The summed E-state index contributed by atoms with van der Waals surface area (Å²) < 4.78 is 0.977. The molecule has 0 unspecified atom stereocenters. The summed E-state index contributed by atoms with van der Waals surface area (Å²) in [7, 11) is 0. The predicted octanol–water partition coefficient (Wildman–Crippen LogP) is 2.90. The molecule has 0 spiro atoms. The summed E-state index contributed by atoms with van der Waals surface area (Å²) in [5, 5.41) is 0. The van der Waals surface area contributed by atoms with Gasteiger partial charge in [-0.2, -0.15) is 0 Å². The van der Waals surface area contributed by atoms with Gasteiger partial charge in [-0.05, 0) is 64.2 Å². The van der Waals surface area contributed by atoms with Crippen LogP contribution in [0.25, 0.3) is 0 Å². The molecule has 3 fully saturated rings. The Morgan fingerprint density at radius 2 is 2.17 bits per heavy atom. The highest BCUT2D eigenvalue weighted by Gasteiger charge is 2.57. The number of hydrogen-bond donors (Lipinski definition) is 0. The van der Waals surface area contributed by atoms with Gasteiger partial charge in [-0.3, -0.25) is 0 Å². The van der Waals surface area contributed by atoms with E-state index in [-0.39, 0.29) is 0 Å². The highest BCUT2D eigenvalue weighted by atomic mass is 79.9. The topological polar surface area (TPSA) is 12.9 Å². The van der Waals surface area contributed by atoms with Gasteiger partial charge in [0.1, 0.15) is 4.60 Å². The van der Waals surface area contributed by atoms with E-state index in [2.05, 4.69) is 33.0 Å². The molecule has 0 saturated heterocycles. The molecule has 0 atom stereocenters. The Bertz CT molecular complexity index is 317. The maximum Gasteiger partial charge on any atom is 0.106 e. The van der Waals surface area contributed by atoms with Gasteiger partial charge in [0, 0.05) is 6.20 Å². The molecule has 3 aliphatic rings. The van der Waals surface area contributed by atoms with Crippen LogP contribution < -0.4 is 0 Å². The summed E-state index contributed by atoms with van der Waals surface area (Å²) in [6.07, 6.45) is 6.16. The van der Waals surface area contributed by atoms with E-state index in [1.165, 1.54) is 24.8 Å². The lowest BCUT2D eigenvalue weighted by atomic mass is 9.42. The fraction of sp³-hybridized carbons (Fsp3) is 0.500. The van der Waals surface area contributed by atoms with Crippen molar-refractivity contribution in [3.05, 3.63) is 28.5 Å². The molecule has 12 heavy (non-hydrogen) atoms. The summed E-state index contributed by atoms with van der Waals surface area (Å²) in [5.74, 6) is 1.05. The van der Waals surface area contributed by atoms with Gasteiger partial charge in [-0.15, -0.1) is 0 Å². The molecular weight excluding hydrogens is 214 g/mol. The number of hydrogen-bond acceptors (Lipinski definition) is 1. The molecule has 0 radical (unpaired) electrons. The van der Waals surface area contributed by atoms with Crippen molar-refractivity contribution >= 4 is 15.9 Å². The van der Waals surface area contributed by atoms with E-state index in [0.717, 1.165) is 10.5 Å². The van der Waals surface area contributed by atoms with Crippen LogP contribution in [0.2, 0.25) is 0 Å². The van der Waals surface area contributed by atoms with Crippen molar-refractivity contribution in [3.63, 3.8) is 0 Å². The quantitative estimate of drug-likeness (QED) is 0.668. The predicted molar refractivity (Wildman–Crippen MR) is 51.0 cm³/mol. The van der Waals surface area contributed by atoms with Gasteiger partial charge in [0.15, 0.2) is 0 Å². The van der Waals surface area contributed by atoms with Crippen LogP contribution in [0.15, 0.2) is 22.9 Å². The summed E-state index contributed by atoms with van der Waals surface area (Å²) in [6, 6.07) is 4.34. The van der Waals surface area contributed by atoms with Crippen molar-refractivity contribution in [2.24, 2.45) is 5.92 Å². The van der Waals surface area contributed by atoms with Crippen LogP contribution in [0.4, 0.5) is 0 Å². The molecule has 1 aromatic heterocycles. The Morgan fingerprint density at radius 1 is 1.42 bits per heavy atom. The fourth-order valence-electron chi connectivity index (χ4n) is 2.56. The lowest BCUT2D eigenvalue weighted by Crippen LogP contribution is -2.55. The Balaban J connectivity index is 2.01. The van der Waals surface area contributed by atoms with Crippen molar-refractivity contribution in [1.82, 2.24) is 4.98 Å². The van der Waals surface area contributed by atoms with Gasteiger partial charge >= 0.3 is 0 Å². The Hall–Kier alpha value is -0.370.